The Kier molecular flexibility index (Phi) is 5.19. The number of carbonyl (C=O) groups is 1. The number of carbonyl (C=O) groups excluding carboxylic acids is 1. The lowest BCUT2D eigenvalue weighted by Crippen LogP contribution is -2.34. The van der Waals surface area contributed by atoms with E-state index in [1.807, 2.05) is 31.2 Å². The molecule has 1 saturated heterocycles. The van der Waals surface area contributed by atoms with E-state index in [-0.39, 0.29) is 5.91 Å². The third-order valence-electron chi connectivity index (χ3n) is 4.43. The number of amides is 1. The molecule has 2 heterocycles. The first kappa shape index (κ1) is 17.0. The van der Waals surface area contributed by atoms with Gasteiger partial charge in [0.2, 0.25) is 0 Å². The number of pyridine rings is 1. The van der Waals surface area contributed by atoms with Crippen molar-refractivity contribution in [2.24, 2.45) is 5.92 Å². The molecule has 1 aliphatic rings. The maximum atomic E-state index is 12.3. The van der Waals surface area contributed by atoms with Gasteiger partial charge in [0.15, 0.2) is 0 Å². The molecule has 1 aromatic carbocycles. The standard InChI is InChI=1S/C19H22BrN3O/c1-13-4-3-9-23(12-13)16-7-8-18(21-11-16)19(24)22-15-6-5-14(2)17(20)10-15/h5-8,10-11,13H,3-4,9,12H2,1-2H3,(H,22,24). The number of hydrogen-bond donors (Lipinski definition) is 1. The second-order valence-electron chi connectivity index (χ2n) is 6.51. The van der Waals surface area contributed by atoms with Gasteiger partial charge in [-0.2, -0.15) is 0 Å². The summed E-state index contributed by atoms with van der Waals surface area (Å²) < 4.78 is 0.975. The van der Waals surface area contributed by atoms with E-state index in [0.717, 1.165) is 34.5 Å². The van der Waals surface area contributed by atoms with Crippen molar-refractivity contribution >= 4 is 33.2 Å². The maximum Gasteiger partial charge on any atom is 0.274 e. The molecule has 1 aromatic heterocycles. The van der Waals surface area contributed by atoms with Crippen LogP contribution in [0.2, 0.25) is 0 Å². The second-order valence-corrected chi connectivity index (χ2v) is 7.37. The van der Waals surface area contributed by atoms with E-state index in [9.17, 15) is 4.79 Å². The lowest BCUT2D eigenvalue weighted by atomic mass is 10.00. The van der Waals surface area contributed by atoms with Gasteiger partial charge >= 0.3 is 0 Å². The van der Waals surface area contributed by atoms with E-state index >= 15 is 0 Å². The summed E-state index contributed by atoms with van der Waals surface area (Å²) in [6, 6.07) is 9.55. The third kappa shape index (κ3) is 3.96. The number of piperidine rings is 1. The fourth-order valence-electron chi connectivity index (χ4n) is 3.00. The van der Waals surface area contributed by atoms with Crippen LogP contribution in [-0.2, 0) is 0 Å². The summed E-state index contributed by atoms with van der Waals surface area (Å²) in [6.45, 7) is 6.41. The molecule has 4 nitrogen and oxygen atoms in total. The van der Waals surface area contributed by atoms with Gasteiger partial charge in [-0.3, -0.25) is 4.79 Å². The normalized spacial score (nSPS) is 17.6. The van der Waals surface area contributed by atoms with Crippen LogP contribution in [0.3, 0.4) is 0 Å². The van der Waals surface area contributed by atoms with Crippen molar-refractivity contribution in [3.63, 3.8) is 0 Å². The highest BCUT2D eigenvalue weighted by Gasteiger charge is 2.17. The van der Waals surface area contributed by atoms with Crippen LogP contribution in [0.25, 0.3) is 0 Å². The van der Waals surface area contributed by atoms with Gasteiger partial charge < -0.3 is 10.2 Å². The van der Waals surface area contributed by atoms with Crippen molar-refractivity contribution in [2.45, 2.75) is 26.7 Å². The summed E-state index contributed by atoms with van der Waals surface area (Å²) in [4.78, 5) is 19.0. The van der Waals surface area contributed by atoms with E-state index in [1.165, 1.54) is 12.8 Å². The number of hydrogen-bond acceptors (Lipinski definition) is 3. The fraction of sp³-hybridized carbons (Fsp3) is 0.368. The maximum absolute atomic E-state index is 12.3. The quantitative estimate of drug-likeness (QED) is 0.833. The Labute approximate surface area is 151 Å². The van der Waals surface area contributed by atoms with Crippen LogP contribution >= 0.6 is 15.9 Å². The van der Waals surface area contributed by atoms with Crippen LogP contribution in [0.5, 0.6) is 0 Å². The topological polar surface area (TPSA) is 45.2 Å². The van der Waals surface area contributed by atoms with Gasteiger partial charge in [-0.15, -0.1) is 0 Å². The Morgan fingerprint density at radius 3 is 2.83 bits per heavy atom. The van der Waals surface area contributed by atoms with Crippen LogP contribution < -0.4 is 10.2 Å². The van der Waals surface area contributed by atoms with Crippen LogP contribution in [0.4, 0.5) is 11.4 Å². The monoisotopic (exact) mass is 387 g/mol. The van der Waals surface area contributed by atoms with Crippen molar-refractivity contribution in [3.8, 4) is 0 Å². The SMILES string of the molecule is Cc1ccc(NC(=O)c2ccc(N3CCCC(C)C3)cn2)cc1Br. The van der Waals surface area contributed by atoms with Crippen LogP contribution in [0, 0.1) is 12.8 Å². The van der Waals surface area contributed by atoms with Crippen molar-refractivity contribution < 1.29 is 4.79 Å². The van der Waals surface area contributed by atoms with E-state index in [2.05, 4.69) is 38.1 Å². The minimum absolute atomic E-state index is 0.190. The van der Waals surface area contributed by atoms with Gasteiger partial charge in [-0.1, -0.05) is 28.9 Å². The largest absolute Gasteiger partial charge is 0.370 e. The summed E-state index contributed by atoms with van der Waals surface area (Å²) >= 11 is 3.48. The molecule has 0 aliphatic carbocycles. The number of anilines is 2. The predicted octanol–water partition coefficient (Wildman–Crippen LogP) is 4.64. The molecule has 1 fully saturated rings. The number of aryl methyl sites for hydroxylation is 1. The van der Waals surface area contributed by atoms with E-state index in [1.54, 1.807) is 12.3 Å². The fourth-order valence-corrected chi connectivity index (χ4v) is 3.38. The van der Waals surface area contributed by atoms with Crippen LogP contribution in [0.1, 0.15) is 35.8 Å². The van der Waals surface area contributed by atoms with E-state index < -0.39 is 0 Å². The Hall–Kier alpha value is -1.88. The molecule has 0 saturated carbocycles. The van der Waals surface area contributed by atoms with E-state index in [4.69, 9.17) is 0 Å². The first-order valence-electron chi connectivity index (χ1n) is 8.31. The average molecular weight is 388 g/mol. The van der Waals surface area contributed by atoms with Crippen molar-refractivity contribution in [3.05, 3.63) is 52.3 Å². The zero-order valence-corrected chi connectivity index (χ0v) is 15.6. The third-order valence-corrected chi connectivity index (χ3v) is 5.29. The zero-order chi connectivity index (χ0) is 17.1. The molecule has 24 heavy (non-hydrogen) atoms. The van der Waals surface area contributed by atoms with Crippen LogP contribution in [-0.4, -0.2) is 24.0 Å². The highest BCUT2D eigenvalue weighted by Crippen LogP contribution is 2.23. The molecular formula is C19H22BrN3O. The zero-order valence-electron chi connectivity index (χ0n) is 14.1. The number of benzene rings is 1. The Morgan fingerprint density at radius 1 is 1.33 bits per heavy atom. The molecule has 1 amide bonds. The summed E-state index contributed by atoms with van der Waals surface area (Å²) in [5, 5.41) is 2.89. The number of rotatable bonds is 3. The predicted molar refractivity (Wildman–Crippen MR) is 102 cm³/mol. The molecule has 2 aromatic rings. The molecule has 5 heteroatoms. The highest BCUT2D eigenvalue weighted by molar-refractivity contribution is 9.10. The van der Waals surface area contributed by atoms with Gasteiger partial charge in [0.25, 0.3) is 5.91 Å². The van der Waals surface area contributed by atoms with Crippen molar-refractivity contribution in [1.29, 1.82) is 0 Å². The molecule has 0 radical (unpaired) electrons. The summed E-state index contributed by atoms with van der Waals surface area (Å²) in [5.41, 5.74) is 3.41. The van der Waals surface area contributed by atoms with Gasteiger partial charge in [-0.05, 0) is 55.5 Å². The van der Waals surface area contributed by atoms with Crippen molar-refractivity contribution in [2.75, 3.05) is 23.3 Å². The lowest BCUT2D eigenvalue weighted by molar-refractivity contribution is 0.102. The Morgan fingerprint density at radius 2 is 2.17 bits per heavy atom. The molecule has 3 rings (SSSR count). The number of aromatic nitrogens is 1. The first-order valence-corrected chi connectivity index (χ1v) is 9.11. The first-order chi connectivity index (χ1) is 11.5. The molecule has 0 spiro atoms. The smallest absolute Gasteiger partial charge is 0.274 e. The summed E-state index contributed by atoms with van der Waals surface area (Å²) in [6.07, 6.45) is 4.31. The number of halogens is 1. The van der Waals surface area contributed by atoms with E-state index in [0.29, 0.717) is 11.6 Å². The highest BCUT2D eigenvalue weighted by atomic mass is 79.9. The van der Waals surface area contributed by atoms with Gasteiger partial charge in [0.05, 0.1) is 11.9 Å². The molecule has 1 atom stereocenters. The average Bonchev–Trinajstić information content (AvgIpc) is 2.58. The van der Waals surface area contributed by atoms with Crippen LogP contribution in [0.15, 0.2) is 41.0 Å². The van der Waals surface area contributed by atoms with Gasteiger partial charge in [0.1, 0.15) is 5.69 Å². The van der Waals surface area contributed by atoms with Gasteiger partial charge in [-0.25, -0.2) is 4.98 Å². The van der Waals surface area contributed by atoms with Crippen molar-refractivity contribution in [1.82, 2.24) is 4.98 Å². The molecule has 126 valence electrons. The lowest BCUT2D eigenvalue weighted by Gasteiger charge is -2.32. The molecule has 0 bridgehead atoms. The molecular weight excluding hydrogens is 366 g/mol. The number of nitrogens with one attached hydrogen (secondary N) is 1. The molecule has 1 aliphatic heterocycles. The Bertz CT molecular complexity index is 730. The van der Waals surface area contributed by atoms with Gasteiger partial charge in [0, 0.05) is 23.2 Å². The molecule has 1 N–H and O–H groups in total. The minimum atomic E-state index is -0.190. The number of nitrogens with zero attached hydrogens (tertiary/aromatic N) is 2. The second kappa shape index (κ2) is 7.34. The summed E-state index contributed by atoms with van der Waals surface area (Å²) in [7, 11) is 0. The summed E-state index contributed by atoms with van der Waals surface area (Å²) in [5.74, 6) is 0.519. The molecule has 1 unspecified atom stereocenters. The Balaban J connectivity index is 1.68. The minimum Gasteiger partial charge on any atom is -0.370 e.